The van der Waals surface area contributed by atoms with Crippen molar-refractivity contribution >= 4 is 11.6 Å². The van der Waals surface area contributed by atoms with E-state index in [4.69, 9.17) is 21.1 Å². The minimum absolute atomic E-state index is 0.346. The van der Waals surface area contributed by atoms with Crippen LogP contribution in [0.2, 0.25) is 5.02 Å². The SMILES string of the molecule is C=CC(O)c1ccc(OC)c(Cl)c1OC. The zero-order valence-electron chi connectivity index (χ0n) is 8.66. The second-order valence-corrected chi connectivity index (χ2v) is 3.26. The maximum absolute atomic E-state index is 9.63. The van der Waals surface area contributed by atoms with Crippen molar-refractivity contribution in [3.63, 3.8) is 0 Å². The van der Waals surface area contributed by atoms with E-state index in [0.717, 1.165) is 0 Å². The average Bonchev–Trinajstić information content (AvgIpc) is 2.27. The Morgan fingerprint density at radius 3 is 2.53 bits per heavy atom. The van der Waals surface area contributed by atoms with E-state index in [0.29, 0.717) is 22.1 Å². The summed E-state index contributed by atoms with van der Waals surface area (Å²) in [4.78, 5) is 0. The molecule has 1 aromatic carbocycles. The molecule has 1 unspecified atom stereocenters. The van der Waals surface area contributed by atoms with E-state index >= 15 is 0 Å². The number of hydrogen-bond donors (Lipinski definition) is 1. The fourth-order valence-electron chi connectivity index (χ4n) is 1.28. The van der Waals surface area contributed by atoms with Gasteiger partial charge in [0.15, 0.2) is 0 Å². The van der Waals surface area contributed by atoms with Crippen LogP contribution in [-0.4, -0.2) is 19.3 Å². The highest BCUT2D eigenvalue weighted by Crippen LogP contribution is 2.39. The van der Waals surface area contributed by atoms with Crippen molar-refractivity contribution in [2.75, 3.05) is 14.2 Å². The topological polar surface area (TPSA) is 38.7 Å². The molecule has 0 bridgehead atoms. The van der Waals surface area contributed by atoms with Gasteiger partial charge in [-0.2, -0.15) is 0 Å². The Morgan fingerprint density at radius 1 is 1.40 bits per heavy atom. The Kier molecular flexibility index (Phi) is 4.00. The van der Waals surface area contributed by atoms with Crippen molar-refractivity contribution in [2.45, 2.75) is 6.10 Å². The predicted octanol–water partition coefficient (Wildman–Crippen LogP) is 2.58. The number of rotatable bonds is 4. The number of halogens is 1. The second kappa shape index (κ2) is 5.05. The van der Waals surface area contributed by atoms with Crippen molar-refractivity contribution in [2.24, 2.45) is 0 Å². The molecule has 0 aliphatic heterocycles. The van der Waals surface area contributed by atoms with E-state index in [1.54, 1.807) is 12.1 Å². The Labute approximate surface area is 93.9 Å². The largest absolute Gasteiger partial charge is 0.495 e. The third kappa shape index (κ3) is 2.25. The maximum Gasteiger partial charge on any atom is 0.147 e. The van der Waals surface area contributed by atoms with Gasteiger partial charge in [0, 0.05) is 5.56 Å². The lowest BCUT2D eigenvalue weighted by molar-refractivity contribution is 0.223. The summed E-state index contributed by atoms with van der Waals surface area (Å²) in [6, 6.07) is 3.36. The molecule has 0 aromatic heterocycles. The molecule has 0 radical (unpaired) electrons. The van der Waals surface area contributed by atoms with Gasteiger partial charge in [-0.05, 0) is 12.1 Å². The number of hydrogen-bond acceptors (Lipinski definition) is 3. The number of ether oxygens (including phenoxy) is 2. The standard InChI is InChI=1S/C11H13ClO3/c1-4-8(13)7-5-6-9(14-2)10(12)11(7)15-3/h4-6,8,13H,1H2,2-3H3. The fourth-order valence-corrected chi connectivity index (χ4v) is 1.60. The lowest BCUT2D eigenvalue weighted by Crippen LogP contribution is -1.99. The molecule has 0 aliphatic carbocycles. The molecule has 0 saturated heterocycles. The Hall–Kier alpha value is -1.19. The van der Waals surface area contributed by atoms with Crippen molar-refractivity contribution in [1.29, 1.82) is 0 Å². The molecule has 3 nitrogen and oxygen atoms in total. The second-order valence-electron chi connectivity index (χ2n) is 2.88. The first-order chi connectivity index (χ1) is 7.15. The van der Waals surface area contributed by atoms with Crippen molar-refractivity contribution in [3.8, 4) is 11.5 Å². The first-order valence-corrected chi connectivity index (χ1v) is 4.74. The van der Waals surface area contributed by atoms with Crippen molar-refractivity contribution < 1.29 is 14.6 Å². The molecule has 0 amide bonds. The van der Waals surface area contributed by atoms with E-state index in [-0.39, 0.29) is 0 Å². The molecule has 0 aliphatic rings. The fraction of sp³-hybridized carbons (Fsp3) is 0.273. The normalized spacial score (nSPS) is 12.0. The molecule has 15 heavy (non-hydrogen) atoms. The van der Waals surface area contributed by atoms with Gasteiger partial charge in [0.1, 0.15) is 22.6 Å². The van der Waals surface area contributed by atoms with Gasteiger partial charge in [0.2, 0.25) is 0 Å². The molecule has 82 valence electrons. The average molecular weight is 229 g/mol. The minimum atomic E-state index is -0.802. The quantitative estimate of drug-likeness (QED) is 0.805. The van der Waals surface area contributed by atoms with E-state index in [9.17, 15) is 5.11 Å². The third-order valence-corrected chi connectivity index (χ3v) is 2.42. The molecule has 0 spiro atoms. The van der Waals surface area contributed by atoms with E-state index in [1.165, 1.54) is 20.3 Å². The summed E-state index contributed by atoms with van der Waals surface area (Å²) in [5.74, 6) is 0.914. The van der Waals surface area contributed by atoms with Crippen LogP contribution in [0.1, 0.15) is 11.7 Å². The predicted molar refractivity (Wildman–Crippen MR) is 59.7 cm³/mol. The Balaban J connectivity index is 3.30. The summed E-state index contributed by atoms with van der Waals surface area (Å²) >= 11 is 6.02. The molecular formula is C11H13ClO3. The molecule has 0 fully saturated rings. The molecule has 0 heterocycles. The van der Waals surface area contributed by atoms with Crippen LogP contribution in [0.25, 0.3) is 0 Å². The van der Waals surface area contributed by atoms with Gasteiger partial charge in [-0.25, -0.2) is 0 Å². The highest BCUT2D eigenvalue weighted by Gasteiger charge is 2.16. The zero-order valence-corrected chi connectivity index (χ0v) is 9.41. The summed E-state index contributed by atoms with van der Waals surface area (Å²) in [6.45, 7) is 3.50. The summed E-state index contributed by atoms with van der Waals surface area (Å²) in [7, 11) is 3.00. The van der Waals surface area contributed by atoms with Gasteiger partial charge in [-0.3, -0.25) is 0 Å². The summed E-state index contributed by atoms with van der Waals surface area (Å²) in [5.41, 5.74) is 0.568. The molecule has 1 aromatic rings. The molecule has 1 N–H and O–H groups in total. The molecule has 1 rings (SSSR count). The first-order valence-electron chi connectivity index (χ1n) is 4.36. The zero-order chi connectivity index (χ0) is 11.4. The smallest absolute Gasteiger partial charge is 0.147 e. The number of methoxy groups -OCH3 is 2. The first kappa shape index (κ1) is 11.9. The molecular weight excluding hydrogens is 216 g/mol. The van der Waals surface area contributed by atoms with Gasteiger partial charge >= 0.3 is 0 Å². The summed E-state index contributed by atoms with van der Waals surface area (Å²) in [5, 5.41) is 9.98. The van der Waals surface area contributed by atoms with Gasteiger partial charge in [-0.15, -0.1) is 6.58 Å². The molecule has 1 atom stereocenters. The van der Waals surface area contributed by atoms with Gasteiger partial charge < -0.3 is 14.6 Å². The van der Waals surface area contributed by atoms with Crippen LogP contribution < -0.4 is 9.47 Å². The molecule has 0 saturated carbocycles. The highest BCUT2D eigenvalue weighted by molar-refractivity contribution is 6.33. The minimum Gasteiger partial charge on any atom is -0.495 e. The number of benzene rings is 1. The Bertz CT molecular complexity index is 363. The Morgan fingerprint density at radius 2 is 2.07 bits per heavy atom. The van der Waals surface area contributed by atoms with E-state index in [1.807, 2.05) is 0 Å². The van der Waals surface area contributed by atoms with Crippen LogP contribution in [0, 0.1) is 0 Å². The van der Waals surface area contributed by atoms with Gasteiger partial charge in [0.25, 0.3) is 0 Å². The lowest BCUT2D eigenvalue weighted by atomic mass is 10.1. The van der Waals surface area contributed by atoms with Crippen LogP contribution in [0.3, 0.4) is 0 Å². The highest BCUT2D eigenvalue weighted by atomic mass is 35.5. The van der Waals surface area contributed by atoms with E-state index < -0.39 is 6.10 Å². The monoisotopic (exact) mass is 228 g/mol. The van der Waals surface area contributed by atoms with Crippen LogP contribution in [0.15, 0.2) is 24.8 Å². The van der Waals surface area contributed by atoms with Crippen molar-refractivity contribution in [1.82, 2.24) is 0 Å². The number of aliphatic hydroxyl groups is 1. The number of aliphatic hydroxyl groups excluding tert-OH is 1. The van der Waals surface area contributed by atoms with Crippen LogP contribution >= 0.6 is 11.6 Å². The lowest BCUT2D eigenvalue weighted by Gasteiger charge is -2.14. The van der Waals surface area contributed by atoms with Gasteiger partial charge in [-0.1, -0.05) is 17.7 Å². The third-order valence-electron chi connectivity index (χ3n) is 2.06. The maximum atomic E-state index is 9.63. The summed E-state index contributed by atoms with van der Waals surface area (Å²) in [6.07, 6.45) is 0.601. The van der Waals surface area contributed by atoms with Gasteiger partial charge in [0.05, 0.1) is 14.2 Å². The van der Waals surface area contributed by atoms with Crippen LogP contribution in [0.4, 0.5) is 0 Å². The van der Waals surface area contributed by atoms with E-state index in [2.05, 4.69) is 6.58 Å². The summed E-state index contributed by atoms with van der Waals surface area (Å²) < 4.78 is 10.2. The van der Waals surface area contributed by atoms with Crippen LogP contribution in [-0.2, 0) is 0 Å². The van der Waals surface area contributed by atoms with Crippen molar-refractivity contribution in [3.05, 3.63) is 35.4 Å². The molecule has 4 heteroatoms. The van der Waals surface area contributed by atoms with Crippen LogP contribution in [0.5, 0.6) is 11.5 Å².